The standard InChI is InChI=1S/C24H21N5O3S2/c25-19-18-17(16-6-3-9-33-16)14-10-28(11-15(14)27-22(18)34-20(19)21(26)30)7-8-29-23(31)12-4-1-2-5-13(12)24(29)32/h1-6,9,19-20H,7-8,10-11,25H2,(H2,26,30). The van der Waals surface area contributed by atoms with Gasteiger partial charge in [-0.25, -0.2) is 4.98 Å². The minimum atomic E-state index is -0.534. The van der Waals surface area contributed by atoms with E-state index in [9.17, 15) is 14.4 Å². The average Bonchev–Trinajstić information content (AvgIpc) is 3.59. The Bertz CT molecular complexity index is 1320. The zero-order valence-corrected chi connectivity index (χ0v) is 19.7. The van der Waals surface area contributed by atoms with Crippen molar-refractivity contribution in [3.8, 4) is 10.4 Å². The van der Waals surface area contributed by atoms with Crippen LogP contribution in [0.2, 0.25) is 0 Å². The molecule has 0 bridgehead atoms. The molecular formula is C24H21N5O3S2. The molecule has 2 aromatic heterocycles. The van der Waals surface area contributed by atoms with Gasteiger partial charge in [0.1, 0.15) is 10.3 Å². The first-order chi connectivity index (χ1) is 16.4. The second-order valence-electron chi connectivity index (χ2n) is 8.59. The highest BCUT2D eigenvalue weighted by Crippen LogP contribution is 2.50. The Labute approximate surface area is 203 Å². The molecule has 3 aromatic rings. The molecule has 1 aromatic carbocycles. The number of imide groups is 1. The summed E-state index contributed by atoms with van der Waals surface area (Å²) in [6.45, 7) is 2.08. The number of benzene rings is 1. The number of amides is 3. The number of pyridine rings is 1. The van der Waals surface area contributed by atoms with Crippen molar-refractivity contribution in [1.82, 2.24) is 14.8 Å². The van der Waals surface area contributed by atoms with Gasteiger partial charge in [0, 0.05) is 42.2 Å². The van der Waals surface area contributed by atoms with E-state index < -0.39 is 17.2 Å². The van der Waals surface area contributed by atoms with E-state index in [1.165, 1.54) is 16.7 Å². The first-order valence-electron chi connectivity index (χ1n) is 10.9. The van der Waals surface area contributed by atoms with E-state index in [4.69, 9.17) is 16.5 Å². The number of thiophene rings is 1. The summed E-state index contributed by atoms with van der Waals surface area (Å²) in [5, 5.41) is 2.25. The molecule has 172 valence electrons. The van der Waals surface area contributed by atoms with E-state index in [0.29, 0.717) is 37.3 Å². The first kappa shape index (κ1) is 21.5. The number of thioether (sulfide) groups is 1. The third-order valence-corrected chi connectivity index (χ3v) is 8.81. The van der Waals surface area contributed by atoms with Crippen molar-refractivity contribution in [3.63, 3.8) is 0 Å². The Morgan fingerprint density at radius 3 is 2.44 bits per heavy atom. The third kappa shape index (κ3) is 3.21. The maximum atomic E-state index is 12.7. The highest BCUT2D eigenvalue weighted by atomic mass is 32.2. The number of aromatic nitrogens is 1. The number of primary amides is 1. The predicted octanol–water partition coefficient (Wildman–Crippen LogP) is 2.38. The molecule has 6 rings (SSSR count). The maximum absolute atomic E-state index is 12.7. The van der Waals surface area contributed by atoms with Gasteiger partial charge in [0.05, 0.1) is 22.9 Å². The number of nitrogens with zero attached hydrogens (tertiary/aromatic N) is 3. The molecule has 0 fully saturated rings. The maximum Gasteiger partial charge on any atom is 0.261 e. The van der Waals surface area contributed by atoms with E-state index in [1.807, 2.05) is 11.4 Å². The van der Waals surface area contributed by atoms with Gasteiger partial charge >= 0.3 is 0 Å². The topological polar surface area (TPSA) is 123 Å². The van der Waals surface area contributed by atoms with Crippen LogP contribution in [0.1, 0.15) is 43.6 Å². The van der Waals surface area contributed by atoms with Crippen LogP contribution < -0.4 is 11.5 Å². The van der Waals surface area contributed by atoms with Crippen LogP contribution in [-0.4, -0.2) is 50.8 Å². The van der Waals surface area contributed by atoms with Gasteiger partial charge < -0.3 is 11.5 Å². The lowest BCUT2D eigenvalue weighted by molar-refractivity contribution is -0.117. The minimum Gasteiger partial charge on any atom is -0.369 e. The van der Waals surface area contributed by atoms with Gasteiger partial charge in [-0.15, -0.1) is 11.3 Å². The van der Waals surface area contributed by atoms with E-state index >= 15 is 0 Å². The molecule has 0 radical (unpaired) electrons. The lowest BCUT2D eigenvalue weighted by Crippen LogP contribution is -2.36. The van der Waals surface area contributed by atoms with Crippen molar-refractivity contribution in [3.05, 3.63) is 69.7 Å². The summed E-state index contributed by atoms with van der Waals surface area (Å²) < 4.78 is 0. The van der Waals surface area contributed by atoms with Crippen molar-refractivity contribution in [1.29, 1.82) is 0 Å². The van der Waals surface area contributed by atoms with E-state index in [1.54, 1.807) is 35.6 Å². The van der Waals surface area contributed by atoms with Crippen molar-refractivity contribution in [2.75, 3.05) is 13.1 Å². The highest BCUT2D eigenvalue weighted by molar-refractivity contribution is 8.01. The van der Waals surface area contributed by atoms with Gasteiger partial charge in [-0.2, -0.15) is 0 Å². The summed E-state index contributed by atoms with van der Waals surface area (Å²) in [6.07, 6.45) is 0. The predicted molar refractivity (Wildman–Crippen MR) is 129 cm³/mol. The summed E-state index contributed by atoms with van der Waals surface area (Å²) >= 11 is 2.96. The average molecular weight is 492 g/mol. The normalized spacial score (nSPS) is 21.1. The van der Waals surface area contributed by atoms with E-state index in [2.05, 4.69) is 11.0 Å². The molecule has 34 heavy (non-hydrogen) atoms. The zero-order valence-electron chi connectivity index (χ0n) is 18.1. The summed E-state index contributed by atoms with van der Waals surface area (Å²) in [4.78, 5) is 46.9. The van der Waals surface area contributed by atoms with Crippen molar-refractivity contribution in [2.45, 2.75) is 29.4 Å². The molecule has 3 aliphatic rings. The molecule has 3 amide bonds. The quantitative estimate of drug-likeness (QED) is 0.526. The van der Waals surface area contributed by atoms with Crippen molar-refractivity contribution >= 4 is 40.8 Å². The second-order valence-corrected chi connectivity index (χ2v) is 10.7. The van der Waals surface area contributed by atoms with Crippen LogP contribution in [0.25, 0.3) is 10.4 Å². The highest BCUT2D eigenvalue weighted by Gasteiger charge is 2.41. The van der Waals surface area contributed by atoms with Gasteiger partial charge in [0.2, 0.25) is 5.91 Å². The lowest BCUT2D eigenvalue weighted by atomic mass is 9.95. The molecule has 0 spiro atoms. The minimum absolute atomic E-state index is 0.242. The fourth-order valence-corrected chi connectivity index (χ4v) is 6.96. The smallest absolute Gasteiger partial charge is 0.261 e. The molecular weight excluding hydrogens is 470 g/mol. The van der Waals surface area contributed by atoms with Crippen molar-refractivity contribution in [2.24, 2.45) is 11.5 Å². The fraction of sp³-hybridized carbons (Fsp3) is 0.250. The Kier molecular flexibility index (Phi) is 5.07. The molecule has 4 N–H and O–H groups in total. The Balaban J connectivity index is 1.27. The number of carbonyl (C=O) groups is 3. The third-order valence-electron chi connectivity index (χ3n) is 6.61. The molecule has 0 aliphatic carbocycles. The first-order valence-corrected chi connectivity index (χ1v) is 12.7. The Hall–Kier alpha value is -3.05. The van der Waals surface area contributed by atoms with Crippen LogP contribution in [0.3, 0.4) is 0 Å². The SMILES string of the molecule is NC(=O)C1Sc2nc3c(c(-c4cccs4)c2C1N)CN(CCN1C(=O)c2ccccc2C1=O)C3. The van der Waals surface area contributed by atoms with Crippen LogP contribution in [0.5, 0.6) is 0 Å². The van der Waals surface area contributed by atoms with Crippen LogP contribution in [0.15, 0.2) is 46.8 Å². The molecule has 3 aliphatic heterocycles. The number of hydrogen-bond donors (Lipinski definition) is 2. The van der Waals surface area contributed by atoms with Gasteiger partial charge in [-0.05, 0) is 29.1 Å². The van der Waals surface area contributed by atoms with Gasteiger partial charge in [-0.3, -0.25) is 24.2 Å². The zero-order chi connectivity index (χ0) is 23.6. The fourth-order valence-electron chi connectivity index (χ4n) is 4.98. The molecule has 0 saturated heterocycles. The van der Waals surface area contributed by atoms with Crippen LogP contribution in [0, 0.1) is 0 Å². The lowest BCUT2D eigenvalue weighted by Gasteiger charge is -2.20. The Morgan fingerprint density at radius 1 is 1.06 bits per heavy atom. The van der Waals surface area contributed by atoms with Crippen LogP contribution in [0.4, 0.5) is 0 Å². The van der Waals surface area contributed by atoms with Gasteiger partial charge in [-0.1, -0.05) is 30.0 Å². The number of nitrogens with two attached hydrogens (primary N) is 2. The second kappa shape index (κ2) is 8.02. The van der Waals surface area contributed by atoms with E-state index in [0.717, 1.165) is 32.3 Å². The molecule has 2 atom stereocenters. The largest absolute Gasteiger partial charge is 0.369 e. The molecule has 0 saturated carbocycles. The monoisotopic (exact) mass is 491 g/mol. The van der Waals surface area contributed by atoms with Gasteiger partial charge in [0.25, 0.3) is 11.8 Å². The van der Waals surface area contributed by atoms with Crippen LogP contribution >= 0.6 is 23.1 Å². The number of hydrogen-bond acceptors (Lipinski definition) is 8. The summed E-state index contributed by atoms with van der Waals surface area (Å²) in [5.41, 5.74) is 17.0. The summed E-state index contributed by atoms with van der Waals surface area (Å²) in [6, 6.07) is 10.5. The molecule has 2 unspecified atom stereocenters. The van der Waals surface area contributed by atoms with Gasteiger partial charge in [0.15, 0.2) is 0 Å². The number of rotatable bonds is 5. The summed E-state index contributed by atoms with van der Waals surface area (Å²) in [7, 11) is 0. The van der Waals surface area contributed by atoms with Crippen molar-refractivity contribution < 1.29 is 14.4 Å². The van der Waals surface area contributed by atoms with E-state index in [-0.39, 0.29) is 11.8 Å². The molecule has 10 heteroatoms. The Morgan fingerprint density at radius 2 is 1.79 bits per heavy atom. The summed E-state index contributed by atoms with van der Waals surface area (Å²) in [5.74, 6) is -0.919. The molecule has 8 nitrogen and oxygen atoms in total. The molecule has 5 heterocycles. The number of carbonyl (C=O) groups excluding carboxylic acids is 3. The van der Waals surface area contributed by atoms with Crippen LogP contribution in [-0.2, 0) is 17.9 Å². The number of fused-ring (bicyclic) bond motifs is 3.